The Hall–Kier alpha value is -1.56. The third kappa shape index (κ3) is 4.44. The normalized spacial score (nSPS) is 10.6. The SMILES string of the molecule is C=Cc1ccc(CCCC/C=C/C)cc1C=C. The van der Waals surface area contributed by atoms with E-state index >= 15 is 0 Å². The minimum Gasteiger partial charge on any atom is -0.0984 e. The van der Waals surface area contributed by atoms with Crippen molar-refractivity contribution in [1.82, 2.24) is 0 Å². The Morgan fingerprint density at radius 2 is 1.82 bits per heavy atom. The molecule has 0 radical (unpaired) electrons. The van der Waals surface area contributed by atoms with Gasteiger partial charge in [0.15, 0.2) is 0 Å². The molecule has 0 bridgehead atoms. The van der Waals surface area contributed by atoms with Gasteiger partial charge in [0.25, 0.3) is 0 Å². The van der Waals surface area contributed by atoms with E-state index in [0.717, 1.165) is 12.0 Å². The molecule has 1 aromatic carbocycles. The van der Waals surface area contributed by atoms with Gasteiger partial charge < -0.3 is 0 Å². The van der Waals surface area contributed by atoms with Gasteiger partial charge >= 0.3 is 0 Å². The van der Waals surface area contributed by atoms with Gasteiger partial charge in [-0.15, -0.1) is 0 Å². The van der Waals surface area contributed by atoms with Gasteiger partial charge in [0.05, 0.1) is 0 Å². The average Bonchev–Trinajstić information content (AvgIpc) is 2.38. The lowest BCUT2D eigenvalue weighted by atomic mass is 10.00. The van der Waals surface area contributed by atoms with E-state index in [-0.39, 0.29) is 0 Å². The van der Waals surface area contributed by atoms with Crippen LogP contribution in [-0.4, -0.2) is 0 Å². The Morgan fingerprint density at radius 1 is 1.06 bits per heavy atom. The van der Waals surface area contributed by atoms with E-state index in [4.69, 9.17) is 0 Å². The highest BCUT2D eigenvalue weighted by atomic mass is 14.0. The topological polar surface area (TPSA) is 0 Å². The number of unbranched alkanes of at least 4 members (excludes halogenated alkanes) is 2. The molecule has 0 spiro atoms. The minimum atomic E-state index is 1.15. The lowest BCUT2D eigenvalue weighted by molar-refractivity contribution is 0.747. The maximum Gasteiger partial charge on any atom is -0.0187 e. The highest BCUT2D eigenvalue weighted by Gasteiger charge is 1.98. The zero-order chi connectivity index (χ0) is 12.5. The molecule has 0 N–H and O–H groups in total. The second kappa shape index (κ2) is 7.67. The van der Waals surface area contributed by atoms with Crippen LogP contribution in [0.25, 0.3) is 12.2 Å². The molecule has 0 nitrogen and oxygen atoms in total. The standard InChI is InChI=1S/C17H22/c1-4-7-8-9-10-11-15-12-13-16(5-2)17(6-3)14-15/h4-7,12-14H,2-3,8-11H2,1H3/b7-4+. The Morgan fingerprint density at radius 3 is 2.47 bits per heavy atom. The van der Waals surface area contributed by atoms with E-state index in [1.807, 2.05) is 12.2 Å². The Labute approximate surface area is 105 Å². The van der Waals surface area contributed by atoms with Gasteiger partial charge in [0.2, 0.25) is 0 Å². The fourth-order valence-electron chi connectivity index (χ4n) is 1.90. The average molecular weight is 226 g/mol. The molecule has 90 valence electrons. The second-order valence-electron chi connectivity index (χ2n) is 4.19. The summed E-state index contributed by atoms with van der Waals surface area (Å²) in [4.78, 5) is 0. The number of rotatable bonds is 7. The van der Waals surface area contributed by atoms with Crippen LogP contribution in [0.1, 0.15) is 42.9 Å². The van der Waals surface area contributed by atoms with Crippen LogP contribution in [0.15, 0.2) is 43.5 Å². The summed E-state index contributed by atoms with van der Waals surface area (Å²) in [5.74, 6) is 0. The first-order valence-corrected chi connectivity index (χ1v) is 6.30. The predicted octanol–water partition coefficient (Wildman–Crippen LogP) is 5.26. The molecule has 0 aliphatic heterocycles. The molecule has 0 amide bonds. The summed E-state index contributed by atoms with van der Waals surface area (Å²) >= 11 is 0. The van der Waals surface area contributed by atoms with Crippen LogP contribution in [0.3, 0.4) is 0 Å². The van der Waals surface area contributed by atoms with E-state index in [1.54, 1.807) is 0 Å². The molecule has 0 aliphatic rings. The summed E-state index contributed by atoms with van der Waals surface area (Å²) in [5.41, 5.74) is 3.74. The molecule has 0 fully saturated rings. The molecule has 1 aromatic rings. The quantitative estimate of drug-likeness (QED) is 0.439. The first kappa shape index (κ1) is 13.5. The van der Waals surface area contributed by atoms with Gasteiger partial charge in [-0.3, -0.25) is 0 Å². The van der Waals surface area contributed by atoms with Gasteiger partial charge in [-0.2, -0.15) is 0 Å². The highest BCUT2D eigenvalue weighted by Crippen LogP contribution is 2.16. The molecule has 0 saturated carbocycles. The predicted molar refractivity (Wildman–Crippen MR) is 79.0 cm³/mol. The van der Waals surface area contributed by atoms with Gasteiger partial charge in [0, 0.05) is 0 Å². The van der Waals surface area contributed by atoms with Crippen molar-refractivity contribution in [3.05, 3.63) is 60.2 Å². The van der Waals surface area contributed by atoms with Crippen LogP contribution in [0.4, 0.5) is 0 Å². The third-order valence-electron chi connectivity index (χ3n) is 2.91. The maximum absolute atomic E-state index is 3.84. The smallest absolute Gasteiger partial charge is 0.0187 e. The number of aryl methyl sites for hydroxylation is 1. The minimum absolute atomic E-state index is 1.15. The maximum atomic E-state index is 3.84. The zero-order valence-electron chi connectivity index (χ0n) is 10.8. The van der Waals surface area contributed by atoms with Crippen molar-refractivity contribution in [1.29, 1.82) is 0 Å². The first-order chi connectivity index (χ1) is 8.31. The largest absolute Gasteiger partial charge is 0.0984 e. The lowest BCUT2D eigenvalue weighted by Crippen LogP contribution is -1.89. The Balaban J connectivity index is 2.54. The molecule has 0 aliphatic carbocycles. The summed E-state index contributed by atoms with van der Waals surface area (Å²) in [5, 5.41) is 0. The van der Waals surface area contributed by atoms with E-state index in [9.17, 15) is 0 Å². The molecule has 17 heavy (non-hydrogen) atoms. The van der Waals surface area contributed by atoms with Crippen LogP contribution in [0, 0.1) is 0 Å². The monoisotopic (exact) mass is 226 g/mol. The van der Waals surface area contributed by atoms with Crippen molar-refractivity contribution in [2.45, 2.75) is 32.6 Å². The van der Waals surface area contributed by atoms with Gasteiger partial charge in [-0.1, -0.05) is 55.7 Å². The molecule has 1 rings (SSSR count). The van der Waals surface area contributed by atoms with Crippen molar-refractivity contribution < 1.29 is 0 Å². The van der Waals surface area contributed by atoms with Gasteiger partial charge in [-0.25, -0.2) is 0 Å². The van der Waals surface area contributed by atoms with E-state index in [1.165, 1.54) is 30.4 Å². The molecular formula is C17H22. The summed E-state index contributed by atoms with van der Waals surface area (Å²) in [6.07, 6.45) is 13.0. The first-order valence-electron chi connectivity index (χ1n) is 6.30. The molecule has 0 heterocycles. The van der Waals surface area contributed by atoms with Crippen LogP contribution in [0.5, 0.6) is 0 Å². The molecule has 0 aromatic heterocycles. The van der Waals surface area contributed by atoms with Crippen molar-refractivity contribution >= 4 is 12.2 Å². The van der Waals surface area contributed by atoms with Crippen LogP contribution in [-0.2, 0) is 6.42 Å². The fraction of sp³-hybridized carbons (Fsp3) is 0.294. The van der Waals surface area contributed by atoms with Crippen molar-refractivity contribution in [3.8, 4) is 0 Å². The highest BCUT2D eigenvalue weighted by molar-refractivity contribution is 5.64. The summed E-state index contributed by atoms with van der Waals surface area (Å²) in [6.45, 7) is 9.73. The molecule has 0 saturated heterocycles. The summed E-state index contributed by atoms with van der Waals surface area (Å²) in [7, 11) is 0. The van der Waals surface area contributed by atoms with Crippen molar-refractivity contribution in [2.24, 2.45) is 0 Å². The molecule has 0 heteroatoms. The summed E-state index contributed by atoms with van der Waals surface area (Å²) in [6, 6.07) is 6.55. The van der Waals surface area contributed by atoms with Crippen LogP contribution >= 0.6 is 0 Å². The van der Waals surface area contributed by atoms with E-state index in [2.05, 4.69) is 50.4 Å². The lowest BCUT2D eigenvalue weighted by Gasteiger charge is -2.05. The second-order valence-corrected chi connectivity index (χ2v) is 4.19. The van der Waals surface area contributed by atoms with Crippen LogP contribution in [0.2, 0.25) is 0 Å². The molecular weight excluding hydrogens is 204 g/mol. The molecule has 0 unspecified atom stereocenters. The fourth-order valence-corrected chi connectivity index (χ4v) is 1.90. The van der Waals surface area contributed by atoms with Crippen molar-refractivity contribution in [3.63, 3.8) is 0 Å². The van der Waals surface area contributed by atoms with Gasteiger partial charge in [0.1, 0.15) is 0 Å². The van der Waals surface area contributed by atoms with Gasteiger partial charge in [-0.05, 0) is 49.3 Å². The number of hydrogen-bond acceptors (Lipinski definition) is 0. The number of allylic oxidation sites excluding steroid dienone is 2. The van der Waals surface area contributed by atoms with E-state index in [0.29, 0.717) is 0 Å². The third-order valence-corrected chi connectivity index (χ3v) is 2.91. The zero-order valence-corrected chi connectivity index (χ0v) is 10.8. The number of benzene rings is 1. The van der Waals surface area contributed by atoms with E-state index < -0.39 is 0 Å². The summed E-state index contributed by atoms with van der Waals surface area (Å²) < 4.78 is 0. The van der Waals surface area contributed by atoms with Crippen LogP contribution < -0.4 is 0 Å². The molecule has 0 atom stereocenters. The number of hydrogen-bond donors (Lipinski definition) is 0. The van der Waals surface area contributed by atoms with Crippen molar-refractivity contribution in [2.75, 3.05) is 0 Å². The Kier molecular flexibility index (Phi) is 6.09. The Bertz CT molecular complexity index is 396.